The first-order chi connectivity index (χ1) is 8.63. The summed E-state index contributed by atoms with van der Waals surface area (Å²) in [4.78, 5) is 22.4. The third-order valence-corrected chi connectivity index (χ3v) is 2.87. The summed E-state index contributed by atoms with van der Waals surface area (Å²) in [5.41, 5.74) is 0. The SMILES string of the molecule is CCCCC(CC)OC(=O)CCCCC(=O)OC. The molecule has 0 N–H and O–H groups in total. The highest BCUT2D eigenvalue weighted by molar-refractivity contribution is 5.70. The predicted molar refractivity (Wildman–Crippen MR) is 70.2 cm³/mol. The van der Waals surface area contributed by atoms with Crippen LogP contribution < -0.4 is 0 Å². The summed E-state index contributed by atoms with van der Waals surface area (Å²) in [6, 6.07) is 0. The van der Waals surface area contributed by atoms with E-state index >= 15 is 0 Å². The van der Waals surface area contributed by atoms with E-state index in [4.69, 9.17) is 4.74 Å². The van der Waals surface area contributed by atoms with Crippen LogP contribution in [0.3, 0.4) is 0 Å². The van der Waals surface area contributed by atoms with Crippen LogP contribution >= 0.6 is 0 Å². The van der Waals surface area contributed by atoms with E-state index in [2.05, 4.69) is 11.7 Å². The van der Waals surface area contributed by atoms with Gasteiger partial charge in [-0.3, -0.25) is 9.59 Å². The summed E-state index contributed by atoms with van der Waals surface area (Å²) < 4.78 is 9.91. The van der Waals surface area contributed by atoms with Crippen molar-refractivity contribution in [3.8, 4) is 0 Å². The molecule has 1 atom stereocenters. The predicted octanol–water partition coefficient (Wildman–Crippen LogP) is 3.23. The minimum Gasteiger partial charge on any atom is -0.469 e. The molecule has 4 heteroatoms. The maximum atomic E-state index is 11.6. The van der Waals surface area contributed by atoms with E-state index in [1.807, 2.05) is 6.92 Å². The van der Waals surface area contributed by atoms with Crippen LogP contribution in [0.15, 0.2) is 0 Å². The summed E-state index contributed by atoms with van der Waals surface area (Å²) in [6.07, 6.45) is 6.19. The Morgan fingerprint density at radius 1 is 1.00 bits per heavy atom. The lowest BCUT2D eigenvalue weighted by atomic mass is 10.1. The first-order valence-electron chi connectivity index (χ1n) is 6.90. The molecule has 18 heavy (non-hydrogen) atoms. The van der Waals surface area contributed by atoms with Crippen LogP contribution in [0.4, 0.5) is 0 Å². The van der Waals surface area contributed by atoms with Crippen molar-refractivity contribution in [1.82, 2.24) is 0 Å². The molecule has 0 fully saturated rings. The van der Waals surface area contributed by atoms with E-state index < -0.39 is 0 Å². The minimum atomic E-state index is -0.224. The maximum absolute atomic E-state index is 11.6. The van der Waals surface area contributed by atoms with E-state index in [1.165, 1.54) is 7.11 Å². The highest BCUT2D eigenvalue weighted by atomic mass is 16.5. The van der Waals surface area contributed by atoms with E-state index in [-0.39, 0.29) is 18.0 Å². The fourth-order valence-electron chi connectivity index (χ4n) is 1.66. The lowest BCUT2D eigenvalue weighted by Crippen LogP contribution is -2.17. The van der Waals surface area contributed by atoms with Crippen molar-refractivity contribution in [2.45, 2.75) is 71.3 Å². The second-order valence-electron chi connectivity index (χ2n) is 4.45. The number of rotatable bonds is 10. The van der Waals surface area contributed by atoms with Gasteiger partial charge in [-0.15, -0.1) is 0 Å². The number of carbonyl (C=O) groups excluding carboxylic acids is 2. The van der Waals surface area contributed by atoms with Gasteiger partial charge in [-0.25, -0.2) is 0 Å². The molecule has 0 heterocycles. The van der Waals surface area contributed by atoms with Gasteiger partial charge in [0.2, 0.25) is 0 Å². The molecule has 106 valence electrons. The Morgan fingerprint density at radius 2 is 1.61 bits per heavy atom. The largest absolute Gasteiger partial charge is 0.469 e. The summed E-state index contributed by atoms with van der Waals surface area (Å²) in [5.74, 6) is -0.374. The van der Waals surface area contributed by atoms with Crippen LogP contribution in [-0.2, 0) is 19.1 Å². The van der Waals surface area contributed by atoms with Crippen molar-refractivity contribution in [2.75, 3.05) is 7.11 Å². The first kappa shape index (κ1) is 16.9. The van der Waals surface area contributed by atoms with Gasteiger partial charge >= 0.3 is 11.9 Å². The highest BCUT2D eigenvalue weighted by Gasteiger charge is 2.12. The van der Waals surface area contributed by atoms with Gasteiger partial charge in [0.05, 0.1) is 7.11 Å². The molecule has 0 aliphatic carbocycles. The normalized spacial score (nSPS) is 11.9. The van der Waals surface area contributed by atoms with Gasteiger partial charge in [0.15, 0.2) is 0 Å². The van der Waals surface area contributed by atoms with Gasteiger partial charge in [-0.2, -0.15) is 0 Å². The molecule has 0 radical (unpaired) electrons. The summed E-state index contributed by atoms with van der Waals surface area (Å²) in [6.45, 7) is 4.16. The van der Waals surface area contributed by atoms with Crippen LogP contribution in [0.2, 0.25) is 0 Å². The van der Waals surface area contributed by atoms with Gasteiger partial charge in [-0.05, 0) is 25.7 Å². The molecule has 0 bridgehead atoms. The summed E-state index contributed by atoms with van der Waals surface area (Å²) in [7, 11) is 1.37. The van der Waals surface area contributed by atoms with E-state index in [1.54, 1.807) is 0 Å². The lowest BCUT2D eigenvalue weighted by Gasteiger charge is -2.15. The molecule has 1 unspecified atom stereocenters. The quantitative estimate of drug-likeness (QED) is 0.446. The summed E-state index contributed by atoms with van der Waals surface area (Å²) >= 11 is 0. The van der Waals surface area contributed by atoms with Crippen molar-refractivity contribution in [2.24, 2.45) is 0 Å². The molecule has 0 aliphatic heterocycles. The standard InChI is InChI=1S/C14H26O4/c1-4-6-9-12(5-2)18-14(16)11-8-7-10-13(15)17-3/h12H,4-11H2,1-3H3. The molecule has 0 aliphatic rings. The number of unbranched alkanes of at least 4 members (excludes halogenated alkanes) is 2. The number of methoxy groups -OCH3 is 1. The van der Waals surface area contributed by atoms with Crippen molar-refractivity contribution >= 4 is 11.9 Å². The van der Waals surface area contributed by atoms with Crippen molar-refractivity contribution in [3.05, 3.63) is 0 Å². The zero-order valence-corrected chi connectivity index (χ0v) is 11.9. The molecular weight excluding hydrogens is 232 g/mol. The van der Waals surface area contributed by atoms with Crippen molar-refractivity contribution < 1.29 is 19.1 Å². The molecule has 0 spiro atoms. The van der Waals surface area contributed by atoms with Crippen molar-refractivity contribution in [3.63, 3.8) is 0 Å². The third-order valence-electron chi connectivity index (χ3n) is 2.87. The second kappa shape index (κ2) is 11.1. The number of hydrogen-bond donors (Lipinski definition) is 0. The third kappa shape index (κ3) is 9.02. The lowest BCUT2D eigenvalue weighted by molar-refractivity contribution is -0.150. The number of ether oxygens (including phenoxy) is 2. The van der Waals surface area contributed by atoms with Gasteiger partial charge in [0.25, 0.3) is 0 Å². The minimum absolute atomic E-state index is 0.0538. The molecule has 0 aromatic carbocycles. The number of esters is 2. The smallest absolute Gasteiger partial charge is 0.306 e. The fourth-order valence-corrected chi connectivity index (χ4v) is 1.66. The highest BCUT2D eigenvalue weighted by Crippen LogP contribution is 2.11. The van der Waals surface area contributed by atoms with Crippen molar-refractivity contribution in [1.29, 1.82) is 0 Å². The molecule has 0 aromatic rings. The molecule has 0 saturated carbocycles. The van der Waals surface area contributed by atoms with E-state index in [0.29, 0.717) is 25.7 Å². The molecule has 0 amide bonds. The monoisotopic (exact) mass is 258 g/mol. The van der Waals surface area contributed by atoms with Crippen LogP contribution in [-0.4, -0.2) is 25.2 Å². The summed E-state index contributed by atoms with van der Waals surface area (Å²) in [5, 5.41) is 0. The zero-order chi connectivity index (χ0) is 13.8. The van der Waals surface area contributed by atoms with Crippen LogP contribution in [0.25, 0.3) is 0 Å². The molecule has 0 aromatic heterocycles. The Bertz CT molecular complexity index is 238. The topological polar surface area (TPSA) is 52.6 Å². The van der Waals surface area contributed by atoms with Crippen LogP contribution in [0, 0.1) is 0 Å². The molecule has 4 nitrogen and oxygen atoms in total. The Hall–Kier alpha value is -1.06. The Morgan fingerprint density at radius 3 is 2.11 bits per heavy atom. The average molecular weight is 258 g/mol. The second-order valence-corrected chi connectivity index (χ2v) is 4.45. The van der Waals surface area contributed by atoms with Crippen LogP contribution in [0.5, 0.6) is 0 Å². The van der Waals surface area contributed by atoms with Crippen LogP contribution in [0.1, 0.15) is 65.2 Å². The Labute approximate surface area is 110 Å². The molecule has 0 saturated heterocycles. The van der Waals surface area contributed by atoms with E-state index in [0.717, 1.165) is 25.7 Å². The van der Waals surface area contributed by atoms with Gasteiger partial charge in [-0.1, -0.05) is 26.7 Å². The van der Waals surface area contributed by atoms with E-state index in [9.17, 15) is 9.59 Å². The molecule has 0 rings (SSSR count). The maximum Gasteiger partial charge on any atom is 0.306 e. The zero-order valence-electron chi connectivity index (χ0n) is 11.9. The fraction of sp³-hybridized carbons (Fsp3) is 0.857. The average Bonchev–Trinajstić information content (AvgIpc) is 2.39. The van der Waals surface area contributed by atoms with Gasteiger partial charge in [0.1, 0.15) is 6.10 Å². The Kier molecular flexibility index (Phi) is 10.4. The Balaban J connectivity index is 3.65. The van der Waals surface area contributed by atoms with Gasteiger partial charge < -0.3 is 9.47 Å². The number of hydrogen-bond acceptors (Lipinski definition) is 4. The molecular formula is C14H26O4. The number of carbonyl (C=O) groups is 2. The van der Waals surface area contributed by atoms with Gasteiger partial charge in [0, 0.05) is 12.8 Å². The first-order valence-corrected chi connectivity index (χ1v) is 6.90.